The number of sulfone groups is 1. The van der Waals surface area contributed by atoms with Gasteiger partial charge in [0.25, 0.3) is 0 Å². The van der Waals surface area contributed by atoms with Crippen molar-refractivity contribution in [3.63, 3.8) is 0 Å². The number of rotatable bonds is 6. The van der Waals surface area contributed by atoms with Gasteiger partial charge in [-0.2, -0.15) is 0 Å². The molecule has 2 atom stereocenters. The minimum absolute atomic E-state index is 0.0354. The van der Waals surface area contributed by atoms with Gasteiger partial charge in [-0.05, 0) is 20.3 Å². The Balaban J connectivity index is 4.56. The minimum Gasteiger partial charge on any atom is -0.355 e. The van der Waals surface area contributed by atoms with Gasteiger partial charge < -0.3 is 11.1 Å². The summed E-state index contributed by atoms with van der Waals surface area (Å²) in [4.78, 5) is 11.4. The van der Waals surface area contributed by atoms with Crippen molar-refractivity contribution in [2.75, 3.05) is 13.1 Å². The maximum Gasteiger partial charge on any atom is 0.238 e. The highest BCUT2D eigenvalue weighted by Crippen LogP contribution is 2.08. The minimum atomic E-state index is -3.46. The highest BCUT2D eigenvalue weighted by Gasteiger charge is 2.31. The Kier molecular flexibility index (Phi) is 5.82. The molecule has 3 N–H and O–H groups in total. The largest absolute Gasteiger partial charge is 0.355 e. The van der Waals surface area contributed by atoms with Crippen LogP contribution in [0.3, 0.4) is 0 Å². The van der Waals surface area contributed by atoms with E-state index in [1.165, 1.54) is 13.8 Å². The van der Waals surface area contributed by atoms with E-state index in [9.17, 15) is 13.2 Å². The number of carbonyl (C=O) groups excluding carboxylic acids is 1. The SMILES string of the molecule is CCCNC(=O)C(C)S(=O)(=O)C(C)CN. The Hall–Kier alpha value is -0.620. The van der Waals surface area contributed by atoms with Crippen molar-refractivity contribution in [2.24, 2.45) is 5.73 Å². The third-order valence-corrected chi connectivity index (χ3v) is 4.82. The molecule has 0 heterocycles. The first-order chi connectivity index (χ1) is 6.87. The molecule has 0 aromatic heterocycles. The Morgan fingerprint density at radius 2 is 1.93 bits per heavy atom. The van der Waals surface area contributed by atoms with Crippen molar-refractivity contribution in [2.45, 2.75) is 37.7 Å². The van der Waals surface area contributed by atoms with Gasteiger partial charge in [0, 0.05) is 13.1 Å². The van der Waals surface area contributed by atoms with Crippen molar-refractivity contribution >= 4 is 15.7 Å². The van der Waals surface area contributed by atoms with Crippen LogP contribution in [0.4, 0.5) is 0 Å². The normalized spacial score (nSPS) is 15.7. The van der Waals surface area contributed by atoms with Gasteiger partial charge in [-0.25, -0.2) is 8.42 Å². The van der Waals surface area contributed by atoms with Crippen LogP contribution in [0, 0.1) is 0 Å². The molecule has 0 aliphatic rings. The van der Waals surface area contributed by atoms with Crippen LogP contribution in [0.5, 0.6) is 0 Å². The second kappa shape index (κ2) is 6.07. The Morgan fingerprint density at radius 3 is 2.33 bits per heavy atom. The summed E-state index contributed by atoms with van der Waals surface area (Å²) in [5.41, 5.74) is 5.29. The van der Waals surface area contributed by atoms with Gasteiger partial charge in [0.15, 0.2) is 9.84 Å². The lowest BCUT2D eigenvalue weighted by Crippen LogP contribution is -2.43. The molecule has 0 spiro atoms. The molecule has 15 heavy (non-hydrogen) atoms. The van der Waals surface area contributed by atoms with Gasteiger partial charge in [-0.1, -0.05) is 6.92 Å². The van der Waals surface area contributed by atoms with Crippen molar-refractivity contribution in [3.05, 3.63) is 0 Å². The van der Waals surface area contributed by atoms with Crippen LogP contribution in [-0.2, 0) is 14.6 Å². The molecule has 0 aromatic carbocycles. The molecule has 0 aliphatic heterocycles. The number of hydrogen-bond donors (Lipinski definition) is 2. The Labute approximate surface area is 91.3 Å². The first-order valence-electron chi connectivity index (χ1n) is 5.08. The van der Waals surface area contributed by atoms with Gasteiger partial charge in [-0.15, -0.1) is 0 Å². The molecule has 0 saturated carbocycles. The predicted octanol–water partition coefficient (Wildman–Crippen LogP) is -0.337. The summed E-state index contributed by atoms with van der Waals surface area (Å²) in [5, 5.41) is 0.852. The first-order valence-corrected chi connectivity index (χ1v) is 6.69. The van der Waals surface area contributed by atoms with Crippen molar-refractivity contribution < 1.29 is 13.2 Å². The smallest absolute Gasteiger partial charge is 0.238 e. The van der Waals surface area contributed by atoms with E-state index in [2.05, 4.69) is 5.32 Å². The molecule has 90 valence electrons. The first kappa shape index (κ1) is 14.4. The fraction of sp³-hybridized carbons (Fsp3) is 0.889. The van der Waals surface area contributed by atoms with Gasteiger partial charge in [0.2, 0.25) is 5.91 Å². The van der Waals surface area contributed by atoms with Gasteiger partial charge in [-0.3, -0.25) is 4.79 Å². The van der Waals surface area contributed by atoms with Crippen LogP contribution in [0.1, 0.15) is 27.2 Å². The predicted molar refractivity (Wildman–Crippen MR) is 60.2 cm³/mol. The maximum atomic E-state index is 11.7. The van der Waals surface area contributed by atoms with Crippen molar-refractivity contribution in [1.29, 1.82) is 0 Å². The van der Waals surface area contributed by atoms with Crippen LogP contribution >= 0.6 is 0 Å². The summed E-state index contributed by atoms with van der Waals surface area (Å²) in [6, 6.07) is 0. The molecule has 0 rings (SSSR count). The number of amides is 1. The highest BCUT2D eigenvalue weighted by atomic mass is 32.2. The van der Waals surface area contributed by atoms with Crippen LogP contribution in [0.15, 0.2) is 0 Å². The summed E-state index contributed by atoms with van der Waals surface area (Å²) in [5.74, 6) is -0.447. The summed E-state index contributed by atoms with van der Waals surface area (Å²) in [6.45, 7) is 5.34. The zero-order valence-electron chi connectivity index (χ0n) is 9.49. The quantitative estimate of drug-likeness (QED) is 0.660. The lowest BCUT2D eigenvalue weighted by molar-refractivity contribution is -0.120. The molecule has 6 heteroatoms. The van der Waals surface area contributed by atoms with E-state index in [1.807, 2.05) is 6.92 Å². The van der Waals surface area contributed by atoms with Gasteiger partial charge in [0.05, 0.1) is 5.25 Å². The molecule has 0 fully saturated rings. The summed E-state index contributed by atoms with van der Waals surface area (Å²) in [7, 11) is -3.46. The number of nitrogens with one attached hydrogen (secondary N) is 1. The zero-order chi connectivity index (χ0) is 12.1. The molecule has 0 radical (unpaired) electrons. The average Bonchev–Trinajstić information content (AvgIpc) is 2.23. The third-order valence-electron chi connectivity index (χ3n) is 2.30. The number of hydrogen-bond acceptors (Lipinski definition) is 4. The molecule has 2 unspecified atom stereocenters. The van der Waals surface area contributed by atoms with Gasteiger partial charge >= 0.3 is 0 Å². The summed E-state index contributed by atoms with van der Waals surface area (Å²) in [6.07, 6.45) is 0.783. The third kappa shape index (κ3) is 3.79. The van der Waals surface area contributed by atoms with Crippen LogP contribution in [0.25, 0.3) is 0 Å². The molecule has 0 aromatic rings. The fourth-order valence-electron chi connectivity index (χ4n) is 1.02. The van der Waals surface area contributed by atoms with E-state index >= 15 is 0 Å². The number of nitrogens with two attached hydrogens (primary N) is 1. The van der Waals surface area contributed by atoms with E-state index in [0.717, 1.165) is 6.42 Å². The average molecular weight is 236 g/mol. The highest BCUT2D eigenvalue weighted by molar-refractivity contribution is 7.93. The van der Waals surface area contributed by atoms with Crippen molar-refractivity contribution in [3.8, 4) is 0 Å². The summed E-state index contributed by atoms with van der Waals surface area (Å²) < 4.78 is 23.5. The lowest BCUT2D eigenvalue weighted by atomic mass is 10.4. The van der Waals surface area contributed by atoms with Crippen LogP contribution < -0.4 is 11.1 Å². The van der Waals surface area contributed by atoms with Gasteiger partial charge in [0.1, 0.15) is 5.25 Å². The van der Waals surface area contributed by atoms with Crippen molar-refractivity contribution in [1.82, 2.24) is 5.32 Å². The topological polar surface area (TPSA) is 89.3 Å². The van der Waals surface area contributed by atoms with Crippen LogP contribution in [0.2, 0.25) is 0 Å². The standard InChI is InChI=1S/C9H20N2O3S/c1-4-5-11-9(12)8(3)15(13,14)7(2)6-10/h7-8H,4-6,10H2,1-3H3,(H,11,12). The summed E-state index contributed by atoms with van der Waals surface area (Å²) >= 11 is 0. The molecule has 1 amide bonds. The number of carbonyl (C=O) groups is 1. The van der Waals surface area contributed by atoms with E-state index in [-0.39, 0.29) is 6.54 Å². The van der Waals surface area contributed by atoms with E-state index in [0.29, 0.717) is 6.54 Å². The van der Waals surface area contributed by atoms with E-state index < -0.39 is 26.2 Å². The maximum absolute atomic E-state index is 11.7. The van der Waals surface area contributed by atoms with E-state index in [1.54, 1.807) is 0 Å². The molecule has 0 aliphatic carbocycles. The molecule has 0 saturated heterocycles. The Bertz CT molecular complexity index is 300. The monoisotopic (exact) mass is 236 g/mol. The second-order valence-corrected chi connectivity index (χ2v) is 6.26. The molecular weight excluding hydrogens is 216 g/mol. The van der Waals surface area contributed by atoms with E-state index in [4.69, 9.17) is 5.73 Å². The zero-order valence-corrected chi connectivity index (χ0v) is 10.3. The molecule has 5 nitrogen and oxygen atoms in total. The second-order valence-electron chi connectivity index (χ2n) is 3.57. The molecule has 0 bridgehead atoms. The fourth-order valence-corrected chi connectivity index (χ4v) is 2.37. The molecular formula is C9H20N2O3S. The lowest BCUT2D eigenvalue weighted by Gasteiger charge is -2.16. The Morgan fingerprint density at radius 1 is 1.40 bits per heavy atom. The van der Waals surface area contributed by atoms with Crippen LogP contribution in [-0.4, -0.2) is 37.9 Å².